The van der Waals surface area contributed by atoms with Gasteiger partial charge in [-0.3, -0.25) is 33.7 Å². The molecule has 2 fully saturated rings. The summed E-state index contributed by atoms with van der Waals surface area (Å²) >= 11 is 3.01. The van der Waals surface area contributed by atoms with Crippen molar-refractivity contribution in [3.05, 3.63) is 58.9 Å². The molecule has 1 aliphatic carbocycles. The van der Waals surface area contributed by atoms with Crippen molar-refractivity contribution in [3.63, 3.8) is 0 Å². The number of oxazole rings is 1. The van der Waals surface area contributed by atoms with Crippen LogP contribution < -0.4 is 5.32 Å². The number of Topliss-reactive ketones (excluding diaryl/α,β-unsaturated/α-hetero) is 4. The van der Waals surface area contributed by atoms with E-state index in [4.69, 9.17) is 9.15 Å². The Morgan fingerprint density at radius 2 is 1.74 bits per heavy atom. The molecule has 0 radical (unpaired) electrons. The van der Waals surface area contributed by atoms with Gasteiger partial charge < -0.3 is 19.4 Å². The number of thiazole rings is 1. The Balaban J connectivity index is 0.783. The number of fused-ring (bicyclic) bond motifs is 1. The van der Waals surface area contributed by atoms with Crippen molar-refractivity contribution in [2.75, 3.05) is 38.2 Å². The van der Waals surface area contributed by atoms with E-state index < -0.39 is 6.04 Å². The highest BCUT2D eigenvalue weighted by Gasteiger charge is 2.38. The van der Waals surface area contributed by atoms with Crippen molar-refractivity contribution in [2.24, 2.45) is 5.92 Å². The zero-order valence-corrected chi connectivity index (χ0v) is 35.5. The first-order chi connectivity index (χ1) is 27.8. The second kappa shape index (κ2) is 20.3. The molecule has 1 N–H and O–H groups in total. The van der Waals surface area contributed by atoms with Gasteiger partial charge in [-0.05, 0) is 75.2 Å². The number of benzene rings is 1. The summed E-state index contributed by atoms with van der Waals surface area (Å²) in [5, 5.41) is 3.55. The van der Waals surface area contributed by atoms with Crippen LogP contribution in [0, 0.1) is 5.92 Å². The largest absolute Gasteiger partial charge is 0.444 e. The molecule has 2 aliphatic heterocycles. The van der Waals surface area contributed by atoms with Gasteiger partial charge in [-0.2, -0.15) is 0 Å². The molecule has 6 rings (SSSR count). The minimum Gasteiger partial charge on any atom is -0.444 e. The van der Waals surface area contributed by atoms with E-state index in [2.05, 4.69) is 41.0 Å². The lowest BCUT2D eigenvalue weighted by Gasteiger charge is -2.30. The number of ether oxygens (including phenoxy) is 1. The fourth-order valence-electron chi connectivity index (χ4n) is 7.57. The standard InChI is InChI=1S/C43H55N5O8S2/c1-43(2,3)37-23-44-38(56-37)27-57-39-24-45-42(58-39)46-40(53)29-15-17-47(18-16-29)26-33(51)9-6-20-55-19-5-8-31(49)13-11-28-12-14-34-30(21-28)25-48(41(34)54)35-10-4-7-32(50)22-36(35)52/h12,14,21,23-24,29,35H,4-11,13,15-20,22,25-27H2,1-3H3,(H,45,46,53)/t35-/m0/s1. The first kappa shape index (κ1) is 43.5. The first-order valence-corrected chi connectivity index (χ1v) is 22.3. The molecule has 2 amide bonds. The summed E-state index contributed by atoms with van der Waals surface area (Å²) in [6.45, 7) is 9.28. The third kappa shape index (κ3) is 12.2. The number of aryl methyl sites for hydroxylation is 1. The highest BCUT2D eigenvalue weighted by atomic mass is 32.2. The molecule has 15 heteroatoms. The fourth-order valence-corrected chi connectivity index (χ4v) is 9.30. The minimum atomic E-state index is -0.549. The van der Waals surface area contributed by atoms with Gasteiger partial charge in [-0.25, -0.2) is 9.97 Å². The number of ketones is 4. The number of anilines is 1. The molecule has 58 heavy (non-hydrogen) atoms. The predicted molar refractivity (Wildman–Crippen MR) is 221 cm³/mol. The predicted octanol–water partition coefficient (Wildman–Crippen LogP) is 6.76. The average molecular weight is 834 g/mol. The average Bonchev–Trinajstić information content (AvgIpc) is 3.91. The molecule has 13 nitrogen and oxygen atoms in total. The summed E-state index contributed by atoms with van der Waals surface area (Å²) in [5.74, 6) is 1.86. The molecule has 1 saturated heterocycles. The number of aromatic nitrogens is 2. The molecule has 1 saturated carbocycles. The SMILES string of the molecule is CC(C)(C)c1cnc(CSc2cnc(NC(=O)C3CCN(CC(=O)CCCOCCCC(=O)CCc4ccc5c(c4)CN([C@H]4CCCC(=O)CC4=O)C5=O)CC3)s2)o1. The lowest BCUT2D eigenvalue weighted by Crippen LogP contribution is -2.41. The molecule has 312 valence electrons. The quantitative estimate of drug-likeness (QED) is 0.0584. The topological polar surface area (TPSA) is 169 Å². The maximum absolute atomic E-state index is 13.1. The number of hydrogen-bond donors (Lipinski definition) is 1. The first-order valence-electron chi connectivity index (χ1n) is 20.5. The van der Waals surface area contributed by atoms with E-state index in [1.807, 2.05) is 12.1 Å². The van der Waals surface area contributed by atoms with Gasteiger partial charge in [0.2, 0.25) is 11.8 Å². The molecule has 0 unspecified atom stereocenters. The normalized spacial score (nSPS) is 18.1. The Hall–Kier alpha value is -4.05. The molecule has 0 spiro atoms. The van der Waals surface area contributed by atoms with Crippen molar-refractivity contribution in [3.8, 4) is 0 Å². The van der Waals surface area contributed by atoms with E-state index in [9.17, 15) is 28.8 Å². The van der Waals surface area contributed by atoms with Crippen LogP contribution in [0.4, 0.5) is 5.13 Å². The van der Waals surface area contributed by atoms with Gasteiger partial charge in [0, 0.05) is 62.3 Å². The maximum atomic E-state index is 13.1. The van der Waals surface area contributed by atoms with Crippen molar-refractivity contribution >= 4 is 63.2 Å². The number of piperidine rings is 1. The Bertz CT molecular complexity index is 1960. The summed E-state index contributed by atoms with van der Waals surface area (Å²) in [6, 6.07) is 5.08. The van der Waals surface area contributed by atoms with Crippen LogP contribution in [0.3, 0.4) is 0 Å². The summed E-state index contributed by atoms with van der Waals surface area (Å²) in [6.07, 6.45) is 9.39. The molecular formula is C43H55N5O8S2. The van der Waals surface area contributed by atoms with Gasteiger partial charge in [0.1, 0.15) is 23.1 Å². The van der Waals surface area contributed by atoms with E-state index in [0.29, 0.717) is 132 Å². The molecule has 1 aromatic carbocycles. The van der Waals surface area contributed by atoms with E-state index in [1.54, 1.807) is 35.1 Å². The Labute approximate surface area is 348 Å². The Morgan fingerprint density at radius 1 is 0.983 bits per heavy atom. The van der Waals surface area contributed by atoms with Gasteiger partial charge in [0.15, 0.2) is 10.9 Å². The fraction of sp³-hybridized carbons (Fsp3) is 0.581. The number of hydrogen-bond acceptors (Lipinski definition) is 13. The lowest BCUT2D eigenvalue weighted by atomic mass is 9.94. The molecule has 1 atom stereocenters. The molecule has 0 bridgehead atoms. The van der Waals surface area contributed by atoms with E-state index in [1.165, 1.54) is 11.3 Å². The van der Waals surface area contributed by atoms with Crippen molar-refractivity contribution in [1.29, 1.82) is 0 Å². The molecule has 2 aromatic heterocycles. The van der Waals surface area contributed by atoms with Crippen LogP contribution in [0.2, 0.25) is 0 Å². The van der Waals surface area contributed by atoms with Crippen LogP contribution in [0.1, 0.15) is 125 Å². The summed E-state index contributed by atoms with van der Waals surface area (Å²) in [7, 11) is 0. The Morgan fingerprint density at radius 3 is 2.48 bits per heavy atom. The lowest BCUT2D eigenvalue weighted by molar-refractivity contribution is -0.129. The third-order valence-electron chi connectivity index (χ3n) is 10.9. The van der Waals surface area contributed by atoms with Gasteiger partial charge in [0.25, 0.3) is 5.91 Å². The maximum Gasteiger partial charge on any atom is 0.255 e. The summed E-state index contributed by atoms with van der Waals surface area (Å²) in [4.78, 5) is 88.2. The number of rotatable bonds is 19. The van der Waals surface area contributed by atoms with Crippen LogP contribution in [0.15, 0.2) is 39.2 Å². The molecular weight excluding hydrogens is 779 g/mol. The number of thioether (sulfide) groups is 1. The zero-order chi connectivity index (χ0) is 41.2. The minimum absolute atomic E-state index is 0.0327. The number of nitrogens with zero attached hydrogens (tertiary/aromatic N) is 4. The zero-order valence-electron chi connectivity index (χ0n) is 33.8. The summed E-state index contributed by atoms with van der Waals surface area (Å²) < 4.78 is 12.5. The van der Waals surface area contributed by atoms with Crippen molar-refractivity contribution in [1.82, 2.24) is 19.8 Å². The molecule has 3 aromatic rings. The van der Waals surface area contributed by atoms with Crippen LogP contribution in [-0.4, -0.2) is 93.6 Å². The highest BCUT2D eigenvalue weighted by Crippen LogP contribution is 2.33. The van der Waals surface area contributed by atoms with Crippen LogP contribution in [-0.2, 0) is 52.8 Å². The Kier molecular flexibility index (Phi) is 15.2. The molecule has 3 aliphatic rings. The van der Waals surface area contributed by atoms with Crippen LogP contribution >= 0.6 is 23.1 Å². The van der Waals surface area contributed by atoms with Gasteiger partial charge in [0.05, 0.1) is 41.4 Å². The third-order valence-corrected chi connectivity index (χ3v) is 13.0. The number of likely N-dealkylation sites (tertiary alicyclic amines) is 1. The second-order valence-electron chi connectivity index (χ2n) is 16.6. The molecule has 4 heterocycles. The van der Waals surface area contributed by atoms with Crippen molar-refractivity contribution in [2.45, 2.75) is 126 Å². The van der Waals surface area contributed by atoms with Crippen LogP contribution in [0.25, 0.3) is 0 Å². The highest BCUT2D eigenvalue weighted by molar-refractivity contribution is 8.00. The summed E-state index contributed by atoms with van der Waals surface area (Å²) in [5.41, 5.74) is 2.34. The smallest absolute Gasteiger partial charge is 0.255 e. The number of nitrogens with one attached hydrogen (secondary N) is 1. The van der Waals surface area contributed by atoms with Crippen LogP contribution in [0.5, 0.6) is 0 Å². The van der Waals surface area contributed by atoms with Crippen molar-refractivity contribution < 1.29 is 37.9 Å². The van der Waals surface area contributed by atoms with E-state index in [0.717, 1.165) is 21.1 Å². The van der Waals surface area contributed by atoms with E-state index in [-0.39, 0.29) is 52.7 Å². The number of carbonyl (C=O) groups excluding carboxylic acids is 6. The second-order valence-corrected chi connectivity index (χ2v) is 18.9. The van der Waals surface area contributed by atoms with Gasteiger partial charge in [-0.1, -0.05) is 44.2 Å². The number of carbonyl (C=O) groups is 6. The van der Waals surface area contributed by atoms with E-state index >= 15 is 0 Å². The van der Waals surface area contributed by atoms with Gasteiger partial charge in [-0.15, -0.1) is 11.8 Å². The monoisotopic (exact) mass is 833 g/mol. The number of amides is 2. The van der Waals surface area contributed by atoms with Gasteiger partial charge >= 0.3 is 0 Å².